The second kappa shape index (κ2) is 5.99. The highest BCUT2D eigenvalue weighted by Crippen LogP contribution is 2.27. The van der Waals surface area contributed by atoms with Crippen LogP contribution in [0, 0.1) is 5.92 Å². The smallest absolute Gasteiger partial charge is 0.329 e. The summed E-state index contributed by atoms with van der Waals surface area (Å²) in [5, 5.41) is 2.86. The summed E-state index contributed by atoms with van der Waals surface area (Å²) in [6, 6.07) is 5.70. The Morgan fingerprint density at radius 1 is 1.33 bits per heavy atom. The third-order valence-electron chi connectivity index (χ3n) is 4.41. The molecule has 0 atom stereocenters. The standard InChI is InChI=1S/C17H18N4O3/c22-16-4-1-13-7-14(2-3-15(13)19-16)24-10-12-8-21(9-12)17(23)20-6-5-18-11-20/h2-3,5-7,11-12H,1,4,8-10H2,(H,19,22). The van der Waals surface area contributed by atoms with Crippen LogP contribution in [0.2, 0.25) is 0 Å². The molecule has 0 radical (unpaired) electrons. The van der Waals surface area contributed by atoms with Crippen LogP contribution in [-0.2, 0) is 11.2 Å². The number of rotatable bonds is 3. The van der Waals surface area contributed by atoms with Gasteiger partial charge in [0.15, 0.2) is 0 Å². The van der Waals surface area contributed by atoms with E-state index in [2.05, 4.69) is 10.3 Å². The summed E-state index contributed by atoms with van der Waals surface area (Å²) in [7, 11) is 0. The van der Waals surface area contributed by atoms with E-state index in [-0.39, 0.29) is 11.9 Å². The highest BCUT2D eigenvalue weighted by Gasteiger charge is 2.31. The van der Waals surface area contributed by atoms with Crippen molar-refractivity contribution >= 4 is 17.6 Å². The summed E-state index contributed by atoms with van der Waals surface area (Å²) in [6.45, 7) is 1.97. The van der Waals surface area contributed by atoms with Gasteiger partial charge in [-0.3, -0.25) is 9.36 Å². The number of hydrogen-bond donors (Lipinski definition) is 1. The summed E-state index contributed by atoms with van der Waals surface area (Å²) in [4.78, 5) is 29.1. The number of benzene rings is 1. The molecule has 2 aromatic rings. The molecule has 1 aromatic heterocycles. The number of aryl methyl sites for hydroxylation is 1. The second-order valence-corrected chi connectivity index (χ2v) is 6.20. The van der Waals surface area contributed by atoms with Crippen molar-refractivity contribution in [3.63, 3.8) is 0 Å². The maximum atomic E-state index is 12.1. The van der Waals surface area contributed by atoms with Crippen LogP contribution in [0.4, 0.5) is 10.5 Å². The van der Waals surface area contributed by atoms with Crippen molar-refractivity contribution in [1.82, 2.24) is 14.5 Å². The molecule has 1 saturated heterocycles. The monoisotopic (exact) mass is 326 g/mol. The lowest BCUT2D eigenvalue weighted by Gasteiger charge is -2.38. The van der Waals surface area contributed by atoms with E-state index >= 15 is 0 Å². The first kappa shape index (κ1) is 14.7. The Bertz CT molecular complexity index is 766. The fourth-order valence-corrected chi connectivity index (χ4v) is 3.03. The predicted molar refractivity (Wildman–Crippen MR) is 87.0 cm³/mol. The maximum Gasteiger partial charge on any atom is 0.329 e. The summed E-state index contributed by atoms with van der Waals surface area (Å²) in [6.07, 6.45) is 6.02. The molecule has 0 spiro atoms. The third-order valence-corrected chi connectivity index (χ3v) is 4.41. The van der Waals surface area contributed by atoms with Gasteiger partial charge in [-0.15, -0.1) is 0 Å². The minimum absolute atomic E-state index is 0.0479. The van der Waals surface area contributed by atoms with Gasteiger partial charge in [0, 0.05) is 43.5 Å². The van der Waals surface area contributed by atoms with Crippen LogP contribution in [0.3, 0.4) is 0 Å². The number of amides is 2. The maximum absolute atomic E-state index is 12.1. The molecule has 2 aliphatic heterocycles. The number of carbonyl (C=O) groups excluding carboxylic acids is 2. The molecule has 2 amide bonds. The minimum atomic E-state index is -0.0479. The zero-order chi connectivity index (χ0) is 16.5. The number of nitrogens with one attached hydrogen (secondary N) is 1. The van der Waals surface area contributed by atoms with E-state index < -0.39 is 0 Å². The molecule has 1 fully saturated rings. The second-order valence-electron chi connectivity index (χ2n) is 6.20. The molecule has 0 bridgehead atoms. The van der Waals surface area contributed by atoms with E-state index in [0.29, 0.717) is 32.0 Å². The number of fused-ring (bicyclic) bond motifs is 1. The average molecular weight is 326 g/mol. The molecule has 1 N–H and O–H groups in total. The van der Waals surface area contributed by atoms with Crippen LogP contribution in [0.25, 0.3) is 0 Å². The normalized spacial score (nSPS) is 17.0. The zero-order valence-electron chi connectivity index (χ0n) is 13.1. The van der Waals surface area contributed by atoms with Gasteiger partial charge >= 0.3 is 6.03 Å². The Morgan fingerprint density at radius 3 is 3.00 bits per heavy atom. The molecule has 0 unspecified atom stereocenters. The molecule has 1 aromatic carbocycles. The van der Waals surface area contributed by atoms with Gasteiger partial charge < -0.3 is 15.0 Å². The lowest BCUT2D eigenvalue weighted by Crippen LogP contribution is -2.53. The topological polar surface area (TPSA) is 76.5 Å². The molecule has 4 rings (SSSR count). The number of aromatic nitrogens is 2. The average Bonchev–Trinajstić information content (AvgIpc) is 3.07. The third kappa shape index (κ3) is 2.84. The number of nitrogens with zero attached hydrogens (tertiary/aromatic N) is 3. The highest BCUT2D eigenvalue weighted by molar-refractivity contribution is 5.94. The van der Waals surface area contributed by atoms with Crippen LogP contribution in [-0.4, -0.2) is 46.1 Å². The number of anilines is 1. The van der Waals surface area contributed by atoms with E-state index in [1.165, 1.54) is 10.9 Å². The van der Waals surface area contributed by atoms with Crippen molar-refractivity contribution < 1.29 is 14.3 Å². The SMILES string of the molecule is O=C1CCc2cc(OCC3CN(C(=O)n4ccnc4)C3)ccc2N1. The first-order valence-electron chi connectivity index (χ1n) is 8.02. The van der Waals surface area contributed by atoms with Crippen LogP contribution in [0.5, 0.6) is 5.75 Å². The highest BCUT2D eigenvalue weighted by atomic mass is 16.5. The lowest BCUT2D eigenvalue weighted by atomic mass is 10.0. The molecule has 7 heteroatoms. The first-order valence-corrected chi connectivity index (χ1v) is 8.02. The van der Waals surface area contributed by atoms with Crippen LogP contribution >= 0.6 is 0 Å². The number of hydrogen-bond acceptors (Lipinski definition) is 4. The lowest BCUT2D eigenvalue weighted by molar-refractivity contribution is -0.116. The minimum Gasteiger partial charge on any atom is -0.493 e. The van der Waals surface area contributed by atoms with Crippen molar-refractivity contribution in [2.24, 2.45) is 5.92 Å². The number of imidazole rings is 1. The number of likely N-dealkylation sites (tertiary alicyclic amines) is 1. The fourth-order valence-electron chi connectivity index (χ4n) is 3.03. The first-order chi connectivity index (χ1) is 11.7. The van der Waals surface area contributed by atoms with Gasteiger partial charge in [-0.25, -0.2) is 9.78 Å². The van der Waals surface area contributed by atoms with Crippen LogP contribution in [0.15, 0.2) is 36.9 Å². The van der Waals surface area contributed by atoms with Gasteiger partial charge in [-0.1, -0.05) is 0 Å². The van der Waals surface area contributed by atoms with Gasteiger partial charge in [0.25, 0.3) is 0 Å². The molecule has 0 saturated carbocycles. The molecule has 124 valence electrons. The Hall–Kier alpha value is -2.83. The Balaban J connectivity index is 1.28. The van der Waals surface area contributed by atoms with Gasteiger partial charge in [0.1, 0.15) is 12.1 Å². The van der Waals surface area contributed by atoms with Gasteiger partial charge in [-0.2, -0.15) is 0 Å². The van der Waals surface area contributed by atoms with E-state index in [1.54, 1.807) is 17.3 Å². The summed E-state index contributed by atoms with van der Waals surface area (Å²) >= 11 is 0. The van der Waals surface area contributed by atoms with E-state index in [1.807, 2.05) is 18.2 Å². The Labute approximate surface area is 139 Å². The van der Waals surface area contributed by atoms with E-state index in [0.717, 1.165) is 23.4 Å². The molecule has 0 aliphatic carbocycles. The Kier molecular flexibility index (Phi) is 3.68. The van der Waals surface area contributed by atoms with Crippen molar-refractivity contribution in [1.29, 1.82) is 0 Å². The fraction of sp³-hybridized carbons (Fsp3) is 0.353. The molecule has 3 heterocycles. The zero-order valence-corrected chi connectivity index (χ0v) is 13.1. The molecule has 7 nitrogen and oxygen atoms in total. The molecule has 24 heavy (non-hydrogen) atoms. The Morgan fingerprint density at radius 2 is 2.21 bits per heavy atom. The number of ether oxygens (including phenoxy) is 1. The van der Waals surface area contributed by atoms with Gasteiger partial charge in [0.2, 0.25) is 5.91 Å². The van der Waals surface area contributed by atoms with Gasteiger partial charge in [0.05, 0.1) is 6.61 Å². The van der Waals surface area contributed by atoms with E-state index in [4.69, 9.17) is 4.74 Å². The molecular formula is C17H18N4O3. The number of carbonyl (C=O) groups is 2. The quantitative estimate of drug-likeness (QED) is 0.932. The van der Waals surface area contributed by atoms with Crippen molar-refractivity contribution in [3.05, 3.63) is 42.5 Å². The van der Waals surface area contributed by atoms with E-state index in [9.17, 15) is 9.59 Å². The van der Waals surface area contributed by atoms with Crippen molar-refractivity contribution in [2.45, 2.75) is 12.8 Å². The largest absolute Gasteiger partial charge is 0.493 e. The molecular weight excluding hydrogens is 308 g/mol. The van der Waals surface area contributed by atoms with Gasteiger partial charge in [-0.05, 0) is 30.2 Å². The predicted octanol–water partition coefficient (Wildman–Crippen LogP) is 1.75. The summed E-state index contributed by atoms with van der Waals surface area (Å²) < 4.78 is 7.33. The molecule has 2 aliphatic rings. The van der Waals surface area contributed by atoms with Crippen molar-refractivity contribution in [3.8, 4) is 5.75 Å². The van der Waals surface area contributed by atoms with Crippen molar-refractivity contribution in [2.75, 3.05) is 25.0 Å². The summed E-state index contributed by atoms with van der Waals surface area (Å²) in [5.41, 5.74) is 1.98. The van der Waals surface area contributed by atoms with Crippen LogP contribution in [0.1, 0.15) is 12.0 Å². The van der Waals surface area contributed by atoms with Crippen LogP contribution < -0.4 is 10.1 Å². The summed E-state index contributed by atoms with van der Waals surface area (Å²) in [5.74, 6) is 1.21.